The molecule has 1 aliphatic rings. The number of carbonyl (C=O) groups excluding carboxylic acids is 1. The van der Waals surface area contributed by atoms with Gasteiger partial charge in [0.25, 0.3) is 5.69 Å². The predicted molar refractivity (Wildman–Crippen MR) is 118 cm³/mol. The molecule has 2 unspecified atom stereocenters. The third-order valence-electron chi connectivity index (χ3n) is 5.11. The molecular weight excluding hydrogens is 402 g/mol. The summed E-state index contributed by atoms with van der Waals surface area (Å²) in [5, 5.41) is 13.6. The van der Waals surface area contributed by atoms with Crippen LogP contribution < -0.4 is 5.32 Å². The summed E-state index contributed by atoms with van der Waals surface area (Å²) in [7, 11) is 0. The highest BCUT2D eigenvalue weighted by Gasteiger charge is 2.24. The fraction of sp³-hybridized carbons (Fsp3) is 0.409. The lowest BCUT2D eigenvalue weighted by Crippen LogP contribution is -2.44. The zero-order valence-electron chi connectivity index (χ0n) is 17.2. The van der Waals surface area contributed by atoms with Crippen molar-refractivity contribution in [3.05, 3.63) is 69.8 Å². The van der Waals surface area contributed by atoms with E-state index in [2.05, 4.69) is 35.3 Å². The second-order valence-electron chi connectivity index (χ2n) is 7.33. The molecular formula is C22H27N3O4S. The lowest BCUT2D eigenvalue weighted by molar-refractivity contribution is -0.384. The molecule has 2 atom stereocenters. The molecule has 30 heavy (non-hydrogen) atoms. The Hall–Kier alpha value is -2.42. The molecule has 2 aromatic rings. The van der Waals surface area contributed by atoms with Crippen LogP contribution in [0.25, 0.3) is 0 Å². The van der Waals surface area contributed by atoms with Gasteiger partial charge >= 0.3 is 0 Å². The summed E-state index contributed by atoms with van der Waals surface area (Å²) in [4.78, 5) is 26.3. The van der Waals surface area contributed by atoms with Gasteiger partial charge in [0.15, 0.2) is 0 Å². The monoisotopic (exact) mass is 429 g/mol. The number of thioether (sulfide) groups is 1. The third kappa shape index (κ3) is 6.04. The number of nitro groups is 1. The number of benzene rings is 2. The largest absolute Gasteiger partial charge is 0.379 e. The van der Waals surface area contributed by atoms with E-state index in [1.807, 2.05) is 13.0 Å². The number of hydrogen-bond donors (Lipinski definition) is 1. The summed E-state index contributed by atoms with van der Waals surface area (Å²) >= 11 is 1.39. The van der Waals surface area contributed by atoms with E-state index in [4.69, 9.17) is 4.74 Å². The summed E-state index contributed by atoms with van der Waals surface area (Å²) in [5.41, 5.74) is 2.43. The highest BCUT2D eigenvalue weighted by atomic mass is 32.2. The summed E-state index contributed by atoms with van der Waals surface area (Å²) < 4.78 is 5.49. The van der Waals surface area contributed by atoms with Crippen LogP contribution in [0.5, 0.6) is 0 Å². The van der Waals surface area contributed by atoms with Gasteiger partial charge in [-0.05, 0) is 31.5 Å². The van der Waals surface area contributed by atoms with Crippen LogP contribution in [0.1, 0.15) is 24.1 Å². The quantitative estimate of drug-likeness (QED) is 0.392. The van der Waals surface area contributed by atoms with Crippen LogP contribution in [0, 0.1) is 17.0 Å². The number of morpholine rings is 1. The highest BCUT2D eigenvalue weighted by molar-refractivity contribution is 8.00. The molecule has 1 fully saturated rings. The maximum Gasteiger partial charge on any atom is 0.269 e. The third-order valence-corrected chi connectivity index (χ3v) is 6.22. The fourth-order valence-corrected chi connectivity index (χ4v) is 4.36. The number of ether oxygens (including phenoxy) is 1. The molecule has 1 N–H and O–H groups in total. The molecule has 0 saturated carbocycles. The van der Waals surface area contributed by atoms with E-state index < -0.39 is 4.92 Å². The second-order valence-corrected chi connectivity index (χ2v) is 8.75. The molecule has 0 aromatic heterocycles. The average Bonchev–Trinajstić information content (AvgIpc) is 2.75. The zero-order valence-corrected chi connectivity index (χ0v) is 18.1. The van der Waals surface area contributed by atoms with E-state index in [0.717, 1.165) is 18.0 Å². The minimum atomic E-state index is -0.429. The van der Waals surface area contributed by atoms with Crippen LogP contribution in [0.4, 0.5) is 5.69 Å². The average molecular weight is 430 g/mol. The van der Waals surface area contributed by atoms with Gasteiger partial charge in [0.2, 0.25) is 5.91 Å². The molecule has 0 spiro atoms. The standard InChI is InChI=1S/C22H27N3O4S/c1-16-4-3-5-18(14-16)21(24-10-12-29-13-11-24)15-23-22(26)17(2)30-20-8-6-19(7-9-20)25(27)28/h3-9,14,17,21H,10-13,15H2,1-2H3,(H,23,26). The van der Waals surface area contributed by atoms with Crippen LogP contribution in [0.3, 0.4) is 0 Å². The minimum Gasteiger partial charge on any atom is -0.379 e. The summed E-state index contributed by atoms with van der Waals surface area (Å²) in [6, 6.07) is 14.8. The molecule has 0 radical (unpaired) electrons. The first-order valence-corrected chi connectivity index (χ1v) is 10.9. The molecule has 0 bridgehead atoms. The van der Waals surface area contributed by atoms with Gasteiger partial charge in [0.05, 0.1) is 29.4 Å². The van der Waals surface area contributed by atoms with Crippen molar-refractivity contribution in [2.24, 2.45) is 0 Å². The Morgan fingerprint density at radius 1 is 1.23 bits per heavy atom. The second kappa shape index (κ2) is 10.6. The number of nitrogens with one attached hydrogen (secondary N) is 1. The van der Waals surface area contributed by atoms with Crippen molar-refractivity contribution in [2.75, 3.05) is 32.8 Å². The molecule has 2 aromatic carbocycles. The Labute approximate surface area is 180 Å². The molecule has 0 aliphatic carbocycles. The molecule has 160 valence electrons. The van der Waals surface area contributed by atoms with Gasteiger partial charge < -0.3 is 10.1 Å². The number of nitro benzene ring substituents is 1. The highest BCUT2D eigenvalue weighted by Crippen LogP contribution is 2.26. The van der Waals surface area contributed by atoms with Gasteiger partial charge in [0, 0.05) is 36.7 Å². The van der Waals surface area contributed by atoms with Gasteiger partial charge in [-0.15, -0.1) is 11.8 Å². The lowest BCUT2D eigenvalue weighted by atomic mass is 10.0. The zero-order chi connectivity index (χ0) is 21.5. The Morgan fingerprint density at radius 2 is 1.93 bits per heavy atom. The molecule has 1 heterocycles. The Balaban J connectivity index is 1.62. The van der Waals surface area contributed by atoms with Crippen molar-refractivity contribution in [2.45, 2.75) is 30.0 Å². The first-order valence-electron chi connectivity index (χ1n) is 10.0. The van der Waals surface area contributed by atoms with Gasteiger partial charge in [-0.2, -0.15) is 0 Å². The predicted octanol–water partition coefficient (Wildman–Crippen LogP) is 3.57. The van der Waals surface area contributed by atoms with E-state index >= 15 is 0 Å². The van der Waals surface area contributed by atoms with E-state index in [-0.39, 0.29) is 22.9 Å². The van der Waals surface area contributed by atoms with Crippen LogP contribution in [-0.4, -0.2) is 53.8 Å². The molecule has 7 nitrogen and oxygen atoms in total. The number of nitrogens with zero attached hydrogens (tertiary/aromatic N) is 2. The topological polar surface area (TPSA) is 84.7 Å². The normalized spacial score (nSPS) is 16.6. The van der Waals surface area contributed by atoms with Gasteiger partial charge in [-0.1, -0.05) is 29.8 Å². The first-order chi connectivity index (χ1) is 14.4. The lowest BCUT2D eigenvalue weighted by Gasteiger charge is -2.35. The van der Waals surface area contributed by atoms with E-state index in [9.17, 15) is 14.9 Å². The van der Waals surface area contributed by atoms with Crippen LogP contribution in [-0.2, 0) is 9.53 Å². The smallest absolute Gasteiger partial charge is 0.269 e. The Kier molecular flexibility index (Phi) is 7.84. The van der Waals surface area contributed by atoms with Gasteiger partial charge in [0.1, 0.15) is 0 Å². The number of aryl methyl sites for hydroxylation is 1. The minimum absolute atomic E-state index is 0.0444. The molecule has 1 saturated heterocycles. The van der Waals surface area contributed by atoms with Crippen molar-refractivity contribution in [1.82, 2.24) is 10.2 Å². The number of carbonyl (C=O) groups is 1. The van der Waals surface area contributed by atoms with Crippen molar-refractivity contribution < 1.29 is 14.5 Å². The Morgan fingerprint density at radius 3 is 2.57 bits per heavy atom. The number of non-ortho nitro benzene ring substituents is 1. The van der Waals surface area contributed by atoms with E-state index in [0.29, 0.717) is 19.8 Å². The first kappa shape index (κ1) is 22.3. The van der Waals surface area contributed by atoms with Crippen LogP contribution in [0.2, 0.25) is 0 Å². The van der Waals surface area contributed by atoms with Crippen molar-refractivity contribution in [1.29, 1.82) is 0 Å². The van der Waals surface area contributed by atoms with Gasteiger partial charge in [-0.25, -0.2) is 0 Å². The summed E-state index contributed by atoms with van der Waals surface area (Å²) in [5.74, 6) is -0.0516. The van der Waals surface area contributed by atoms with Crippen LogP contribution in [0.15, 0.2) is 53.4 Å². The number of rotatable bonds is 8. The SMILES string of the molecule is Cc1cccc(C(CNC(=O)C(C)Sc2ccc([N+](=O)[O-])cc2)N2CCOCC2)c1. The molecule has 1 aliphatic heterocycles. The van der Waals surface area contributed by atoms with Crippen molar-refractivity contribution >= 4 is 23.4 Å². The fourth-order valence-electron chi connectivity index (χ4n) is 3.47. The molecule has 8 heteroatoms. The summed E-state index contributed by atoms with van der Waals surface area (Å²) in [6.45, 7) is 7.50. The van der Waals surface area contributed by atoms with Crippen LogP contribution >= 0.6 is 11.8 Å². The van der Waals surface area contributed by atoms with Crippen molar-refractivity contribution in [3.8, 4) is 0 Å². The van der Waals surface area contributed by atoms with E-state index in [1.165, 1.54) is 35.0 Å². The van der Waals surface area contributed by atoms with Crippen molar-refractivity contribution in [3.63, 3.8) is 0 Å². The molecule has 3 rings (SSSR count). The number of hydrogen-bond acceptors (Lipinski definition) is 6. The van der Waals surface area contributed by atoms with Gasteiger partial charge in [-0.3, -0.25) is 19.8 Å². The summed E-state index contributed by atoms with van der Waals surface area (Å²) in [6.07, 6.45) is 0. The number of amides is 1. The van der Waals surface area contributed by atoms with E-state index in [1.54, 1.807) is 12.1 Å². The maximum absolute atomic E-state index is 12.7. The molecule has 1 amide bonds. The Bertz CT molecular complexity index is 869. The maximum atomic E-state index is 12.7.